The second kappa shape index (κ2) is 13.2. The van der Waals surface area contributed by atoms with Gasteiger partial charge in [0.25, 0.3) is 0 Å². The number of fused-ring (bicyclic) bond motifs is 10. The molecule has 0 radical (unpaired) electrons. The fraction of sp³-hybridized carbons (Fsp3) is 0.0714. The highest BCUT2D eigenvalue weighted by Gasteiger charge is 2.24. The van der Waals surface area contributed by atoms with Gasteiger partial charge in [-0.25, -0.2) is 0 Å². The molecule has 0 unspecified atom stereocenters. The van der Waals surface area contributed by atoms with Gasteiger partial charge in [-0.1, -0.05) is 146 Å². The van der Waals surface area contributed by atoms with Crippen molar-refractivity contribution in [2.24, 2.45) is 0 Å². The van der Waals surface area contributed by atoms with Crippen molar-refractivity contribution in [2.45, 2.75) is 25.7 Å². The van der Waals surface area contributed by atoms with Gasteiger partial charge in [-0.15, -0.1) is 0 Å². The summed E-state index contributed by atoms with van der Waals surface area (Å²) >= 11 is 0. The Labute approximate surface area is 337 Å². The molecule has 0 fully saturated rings. The summed E-state index contributed by atoms with van der Waals surface area (Å²) in [6, 6.07) is 62.8. The van der Waals surface area contributed by atoms with Crippen LogP contribution in [0.5, 0.6) is 0 Å². The smallest absolute Gasteiger partial charge is 0.0547 e. The summed E-state index contributed by atoms with van der Waals surface area (Å²) < 4.78 is 4.96. The highest BCUT2D eigenvalue weighted by molar-refractivity contribution is 6.21. The first-order valence-corrected chi connectivity index (χ1v) is 20.6. The molecule has 0 saturated carbocycles. The Balaban J connectivity index is 0.961. The molecule has 2 heteroatoms. The minimum Gasteiger partial charge on any atom is -0.310 e. The lowest BCUT2D eigenvalue weighted by atomic mass is 9.87. The summed E-state index contributed by atoms with van der Waals surface area (Å²) in [4.78, 5) is 0. The molecule has 2 heterocycles. The fourth-order valence-electron chi connectivity index (χ4n) is 9.94. The van der Waals surface area contributed by atoms with Crippen molar-refractivity contribution in [3.05, 3.63) is 210 Å². The SMILES string of the molecule is C1=CCCC(C2=Cc3c(c4c5ccccc5ccc4n3-c3ccc(-c4ccc(-n5c6cc(-c7ccccc7)ccc6c6c7ccccc7ccc65)cc4)cc3)CC2)=C1. The van der Waals surface area contributed by atoms with Crippen LogP contribution >= 0.6 is 0 Å². The van der Waals surface area contributed by atoms with Gasteiger partial charge in [0.05, 0.1) is 22.2 Å². The van der Waals surface area contributed by atoms with Crippen molar-refractivity contribution in [2.75, 3.05) is 0 Å². The molecule has 274 valence electrons. The molecule has 0 saturated heterocycles. The standard InChI is InChI=1S/C56H40N2/c1-3-11-37(12-4-1)43-23-31-49-53(35-43)57(51-33-25-41-15-7-9-17-47(41)55(49)51)45-27-19-39(20-28-45)40-21-29-46(30-22-40)58-52-34-26-42-16-8-10-18-48(42)56(52)50-32-24-44(36-54(50)58)38-13-5-2-6-14-38/h1-5,7-13,15-23,25-31,33-36H,6,14,24,32H2. The third kappa shape index (κ3) is 5.18. The molecule has 2 aromatic heterocycles. The van der Waals surface area contributed by atoms with Crippen molar-refractivity contribution >= 4 is 60.3 Å². The first-order valence-electron chi connectivity index (χ1n) is 20.6. The lowest BCUT2D eigenvalue weighted by molar-refractivity contribution is 0.879. The molecule has 2 nitrogen and oxygen atoms in total. The minimum absolute atomic E-state index is 1.06. The van der Waals surface area contributed by atoms with E-state index in [1.54, 1.807) is 0 Å². The Morgan fingerprint density at radius 1 is 0.397 bits per heavy atom. The highest BCUT2D eigenvalue weighted by Crippen LogP contribution is 2.43. The van der Waals surface area contributed by atoms with Gasteiger partial charge in [0, 0.05) is 27.5 Å². The first kappa shape index (κ1) is 33.0. The Morgan fingerprint density at radius 2 is 1.00 bits per heavy atom. The van der Waals surface area contributed by atoms with Gasteiger partial charge in [-0.3, -0.25) is 0 Å². The zero-order chi connectivity index (χ0) is 38.2. The number of rotatable bonds is 5. The number of aryl methyl sites for hydroxylation is 1. The lowest BCUT2D eigenvalue weighted by Gasteiger charge is -2.20. The summed E-state index contributed by atoms with van der Waals surface area (Å²) in [5.74, 6) is 0. The van der Waals surface area contributed by atoms with Gasteiger partial charge in [0.1, 0.15) is 0 Å². The van der Waals surface area contributed by atoms with E-state index in [-0.39, 0.29) is 0 Å². The second-order valence-electron chi connectivity index (χ2n) is 15.9. The van der Waals surface area contributed by atoms with Crippen LogP contribution in [0.3, 0.4) is 0 Å². The van der Waals surface area contributed by atoms with Gasteiger partial charge in [0.15, 0.2) is 0 Å². The van der Waals surface area contributed by atoms with Crippen LogP contribution in [0.1, 0.15) is 30.5 Å². The average Bonchev–Trinajstić information content (AvgIpc) is 3.82. The van der Waals surface area contributed by atoms with E-state index in [1.165, 1.54) is 105 Å². The zero-order valence-electron chi connectivity index (χ0n) is 32.2. The number of aromatic nitrogens is 2. The predicted octanol–water partition coefficient (Wildman–Crippen LogP) is 15.0. The van der Waals surface area contributed by atoms with Crippen LogP contribution in [0.25, 0.3) is 94.0 Å². The van der Waals surface area contributed by atoms with E-state index in [4.69, 9.17) is 0 Å². The van der Waals surface area contributed by atoms with Gasteiger partial charge in [0.2, 0.25) is 0 Å². The minimum atomic E-state index is 1.06. The maximum atomic E-state index is 2.51. The molecule has 58 heavy (non-hydrogen) atoms. The average molecular weight is 741 g/mol. The van der Waals surface area contributed by atoms with Gasteiger partial charge in [-0.2, -0.15) is 0 Å². The molecule has 2 aliphatic rings. The predicted molar refractivity (Wildman–Crippen MR) is 246 cm³/mol. The molecule has 2 aliphatic carbocycles. The van der Waals surface area contributed by atoms with E-state index < -0.39 is 0 Å². The molecule has 0 aliphatic heterocycles. The van der Waals surface area contributed by atoms with Crippen LogP contribution in [-0.4, -0.2) is 9.13 Å². The summed E-state index contributed by atoms with van der Waals surface area (Å²) in [5, 5.41) is 9.16. The van der Waals surface area contributed by atoms with Crippen LogP contribution in [0.2, 0.25) is 0 Å². The van der Waals surface area contributed by atoms with Gasteiger partial charge >= 0.3 is 0 Å². The quantitative estimate of drug-likeness (QED) is 0.166. The maximum Gasteiger partial charge on any atom is 0.0547 e. The monoisotopic (exact) mass is 740 g/mol. The van der Waals surface area contributed by atoms with Crippen molar-refractivity contribution < 1.29 is 0 Å². The van der Waals surface area contributed by atoms with Gasteiger partial charge < -0.3 is 9.13 Å². The van der Waals surface area contributed by atoms with E-state index in [2.05, 4.69) is 203 Å². The van der Waals surface area contributed by atoms with Crippen molar-refractivity contribution in [3.8, 4) is 33.6 Å². The molecule has 0 atom stereocenters. The molecule has 0 spiro atoms. The molecular weight excluding hydrogens is 701 g/mol. The zero-order valence-corrected chi connectivity index (χ0v) is 32.2. The Hall–Kier alpha value is -7.16. The summed E-state index contributed by atoms with van der Waals surface area (Å²) in [6.45, 7) is 0. The van der Waals surface area contributed by atoms with Crippen molar-refractivity contribution in [1.82, 2.24) is 9.13 Å². The Bertz CT molecular complexity index is 3350. The summed E-state index contributed by atoms with van der Waals surface area (Å²) in [7, 11) is 0. The number of nitrogens with zero attached hydrogens (tertiary/aromatic N) is 2. The lowest BCUT2D eigenvalue weighted by Crippen LogP contribution is -2.05. The van der Waals surface area contributed by atoms with E-state index >= 15 is 0 Å². The first-order chi connectivity index (χ1) is 28.8. The number of hydrogen-bond acceptors (Lipinski definition) is 0. The summed E-state index contributed by atoms with van der Waals surface area (Å²) in [6.07, 6.45) is 13.7. The topological polar surface area (TPSA) is 9.86 Å². The number of hydrogen-bond donors (Lipinski definition) is 0. The third-order valence-corrected chi connectivity index (χ3v) is 12.7. The fourth-order valence-corrected chi connectivity index (χ4v) is 9.94. The van der Waals surface area contributed by atoms with Crippen LogP contribution in [0, 0.1) is 0 Å². The molecule has 8 aromatic carbocycles. The molecule has 12 rings (SSSR count). The van der Waals surface area contributed by atoms with E-state index in [9.17, 15) is 0 Å². The molecule has 0 N–H and O–H groups in total. The molecular formula is C56H40N2. The second-order valence-corrected chi connectivity index (χ2v) is 15.9. The molecule has 0 bridgehead atoms. The number of benzene rings is 8. The van der Waals surface area contributed by atoms with Crippen molar-refractivity contribution in [1.29, 1.82) is 0 Å². The highest BCUT2D eigenvalue weighted by atomic mass is 15.0. The van der Waals surface area contributed by atoms with Crippen LogP contribution < -0.4 is 0 Å². The molecule has 0 amide bonds. The van der Waals surface area contributed by atoms with Crippen LogP contribution in [-0.2, 0) is 6.42 Å². The number of allylic oxidation sites excluding steroid dienone is 5. The largest absolute Gasteiger partial charge is 0.310 e. The van der Waals surface area contributed by atoms with Crippen molar-refractivity contribution in [3.63, 3.8) is 0 Å². The van der Waals surface area contributed by atoms with Crippen LogP contribution in [0.15, 0.2) is 199 Å². The molecule has 10 aromatic rings. The maximum absolute atomic E-state index is 2.51. The Kier molecular flexibility index (Phi) is 7.53. The van der Waals surface area contributed by atoms with Gasteiger partial charge in [-0.05, 0) is 135 Å². The Morgan fingerprint density at radius 3 is 1.69 bits per heavy atom. The van der Waals surface area contributed by atoms with E-state index in [0.717, 1.165) is 31.4 Å². The third-order valence-electron chi connectivity index (χ3n) is 12.7. The normalized spacial score (nSPS) is 14.1. The van der Waals surface area contributed by atoms with E-state index in [1.807, 2.05) is 0 Å². The van der Waals surface area contributed by atoms with E-state index in [0.29, 0.717) is 0 Å². The summed E-state index contributed by atoms with van der Waals surface area (Å²) in [5.41, 5.74) is 16.7. The van der Waals surface area contributed by atoms with Crippen LogP contribution in [0.4, 0.5) is 0 Å².